The van der Waals surface area contributed by atoms with Crippen LogP contribution in [-0.2, 0) is 18.4 Å². The molecule has 0 heterocycles. The summed E-state index contributed by atoms with van der Waals surface area (Å²) in [4.78, 5) is 22.9. The molecule has 0 saturated carbocycles. The van der Waals surface area contributed by atoms with Crippen molar-refractivity contribution in [3.05, 3.63) is 0 Å². The molecule has 3 atom stereocenters. The lowest BCUT2D eigenvalue weighted by Gasteiger charge is -2.25. The van der Waals surface area contributed by atoms with Crippen LogP contribution in [-0.4, -0.2) is 47.8 Å². The minimum Gasteiger partial charge on any atom is -0.391 e. The molecule has 0 spiro atoms. The van der Waals surface area contributed by atoms with E-state index in [2.05, 4.69) is 19.2 Å². The van der Waals surface area contributed by atoms with Crippen LogP contribution in [0.3, 0.4) is 0 Å². The number of amides is 1. The highest BCUT2D eigenvalue weighted by atomic mass is 31.2. The third kappa shape index (κ3) is 49.4. The predicted octanol–water partition coefficient (Wildman–Crippen LogP) is 17.3. The maximum Gasteiger partial charge on any atom is 0.472 e. The van der Waals surface area contributed by atoms with Gasteiger partial charge in [0.15, 0.2) is 0 Å². The van der Waals surface area contributed by atoms with E-state index in [1.54, 1.807) is 0 Å². The van der Waals surface area contributed by atoms with Gasteiger partial charge in [0.25, 0.3) is 0 Å². The smallest absolute Gasteiger partial charge is 0.391 e. The molecular formula is C55H113N2O6P. The molecule has 1 amide bonds. The van der Waals surface area contributed by atoms with Gasteiger partial charge in [-0.2, -0.15) is 0 Å². The largest absolute Gasteiger partial charge is 0.472 e. The van der Waals surface area contributed by atoms with E-state index in [0.29, 0.717) is 12.8 Å². The fourth-order valence-electron chi connectivity index (χ4n) is 9.14. The van der Waals surface area contributed by atoms with Crippen LogP contribution in [0.1, 0.15) is 316 Å². The lowest BCUT2D eigenvalue weighted by atomic mass is 10.0. The van der Waals surface area contributed by atoms with Crippen molar-refractivity contribution in [2.24, 2.45) is 5.73 Å². The van der Waals surface area contributed by atoms with Gasteiger partial charge in [0.1, 0.15) is 0 Å². The number of phosphoric acid groups is 1. The van der Waals surface area contributed by atoms with Crippen LogP contribution in [0.15, 0.2) is 0 Å². The lowest BCUT2D eigenvalue weighted by Crippen LogP contribution is -2.46. The van der Waals surface area contributed by atoms with Gasteiger partial charge in [-0.1, -0.05) is 296 Å². The van der Waals surface area contributed by atoms with Crippen LogP contribution in [0.2, 0.25) is 0 Å². The van der Waals surface area contributed by atoms with Gasteiger partial charge < -0.3 is 21.1 Å². The van der Waals surface area contributed by atoms with Gasteiger partial charge in [0, 0.05) is 13.0 Å². The molecule has 0 aromatic carbocycles. The topological polar surface area (TPSA) is 131 Å². The first kappa shape index (κ1) is 63.5. The number of nitrogens with one attached hydrogen (secondary N) is 1. The fraction of sp³-hybridized carbons (Fsp3) is 0.982. The van der Waals surface area contributed by atoms with Gasteiger partial charge in [-0.15, -0.1) is 0 Å². The van der Waals surface area contributed by atoms with Gasteiger partial charge in [-0.25, -0.2) is 4.57 Å². The minimum absolute atomic E-state index is 0.0929. The first-order valence-electron chi connectivity index (χ1n) is 28.7. The summed E-state index contributed by atoms with van der Waals surface area (Å²) in [5.41, 5.74) is 5.41. The molecular weight excluding hydrogens is 816 g/mol. The number of carbonyl (C=O) groups excluding carboxylic acids is 1. The van der Waals surface area contributed by atoms with Crippen molar-refractivity contribution in [2.45, 2.75) is 328 Å². The molecule has 0 radical (unpaired) electrons. The Morgan fingerprint density at radius 2 is 0.719 bits per heavy atom. The van der Waals surface area contributed by atoms with Crippen molar-refractivity contribution in [3.63, 3.8) is 0 Å². The number of unbranched alkanes of at least 4 members (excludes halogenated alkanes) is 43. The van der Waals surface area contributed by atoms with Crippen molar-refractivity contribution >= 4 is 13.7 Å². The summed E-state index contributed by atoms with van der Waals surface area (Å²) in [6.07, 6.45) is 60.1. The number of aliphatic hydroxyl groups is 1. The summed E-state index contributed by atoms with van der Waals surface area (Å²) in [6, 6.07) is -0.769. The Morgan fingerprint density at radius 1 is 0.453 bits per heavy atom. The molecule has 0 aliphatic rings. The van der Waals surface area contributed by atoms with E-state index in [1.807, 2.05) is 0 Å². The molecule has 1 unspecified atom stereocenters. The highest BCUT2D eigenvalue weighted by Crippen LogP contribution is 2.43. The average molecular weight is 929 g/mol. The van der Waals surface area contributed by atoms with E-state index in [0.717, 1.165) is 38.5 Å². The second-order valence-corrected chi connectivity index (χ2v) is 21.3. The normalized spacial score (nSPS) is 13.6. The first-order valence-corrected chi connectivity index (χ1v) is 30.1. The summed E-state index contributed by atoms with van der Waals surface area (Å²) in [5, 5.41) is 13.9. The molecule has 0 rings (SSSR count). The number of hydrogen-bond donors (Lipinski definition) is 4. The molecule has 0 aliphatic heterocycles. The molecule has 384 valence electrons. The second-order valence-electron chi connectivity index (χ2n) is 19.9. The monoisotopic (exact) mass is 929 g/mol. The average Bonchev–Trinajstić information content (AvgIpc) is 3.29. The molecule has 0 fully saturated rings. The van der Waals surface area contributed by atoms with E-state index in [9.17, 15) is 19.4 Å². The number of rotatable bonds is 55. The molecule has 0 bridgehead atoms. The second kappa shape index (κ2) is 51.9. The number of phosphoric ester groups is 1. The number of carbonyl (C=O) groups is 1. The van der Waals surface area contributed by atoms with E-state index in [-0.39, 0.29) is 25.7 Å². The van der Waals surface area contributed by atoms with Crippen LogP contribution in [0.25, 0.3) is 0 Å². The van der Waals surface area contributed by atoms with Gasteiger partial charge in [-0.05, 0) is 12.8 Å². The van der Waals surface area contributed by atoms with E-state index < -0.39 is 20.0 Å². The zero-order valence-electron chi connectivity index (χ0n) is 43.1. The van der Waals surface area contributed by atoms with Gasteiger partial charge >= 0.3 is 7.82 Å². The third-order valence-corrected chi connectivity index (χ3v) is 14.4. The van der Waals surface area contributed by atoms with Crippen molar-refractivity contribution in [3.8, 4) is 0 Å². The summed E-state index contributed by atoms with van der Waals surface area (Å²) in [6.45, 7) is 4.27. The summed E-state index contributed by atoms with van der Waals surface area (Å²) in [5.74, 6) is -0.152. The van der Waals surface area contributed by atoms with Crippen LogP contribution in [0.4, 0.5) is 0 Å². The Morgan fingerprint density at radius 3 is 1.00 bits per heavy atom. The van der Waals surface area contributed by atoms with Crippen LogP contribution < -0.4 is 11.1 Å². The van der Waals surface area contributed by atoms with Gasteiger partial charge in [0.05, 0.1) is 25.4 Å². The lowest BCUT2D eigenvalue weighted by molar-refractivity contribution is -0.123. The van der Waals surface area contributed by atoms with E-state index in [1.165, 1.54) is 250 Å². The van der Waals surface area contributed by atoms with Crippen LogP contribution in [0, 0.1) is 0 Å². The van der Waals surface area contributed by atoms with Crippen molar-refractivity contribution in [2.75, 3.05) is 19.8 Å². The number of nitrogens with two attached hydrogens (primary N) is 1. The van der Waals surface area contributed by atoms with Crippen molar-refractivity contribution < 1.29 is 28.4 Å². The maximum absolute atomic E-state index is 12.9. The fourth-order valence-corrected chi connectivity index (χ4v) is 9.90. The SMILES string of the molecule is CCCCCCCCCCCCCCCCCCCCCCCCCCCCCCC(=O)N[C@@H](COP(=O)(O)OCCN)[C@H](O)CCCCCCCCCCCCCCCCCCC. The highest BCUT2D eigenvalue weighted by Gasteiger charge is 2.27. The van der Waals surface area contributed by atoms with Crippen molar-refractivity contribution in [1.82, 2.24) is 5.32 Å². The highest BCUT2D eigenvalue weighted by molar-refractivity contribution is 7.47. The molecule has 8 nitrogen and oxygen atoms in total. The summed E-state index contributed by atoms with van der Waals surface area (Å²) in [7, 11) is -4.32. The maximum atomic E-state index is 12.9. The molecule has 0 aromatic heterocycles. The van der Waals surface area contributed by atoms with Gasteiger partial charge in [0.2, 0.25) is 5.91 Å². The molecule has 9 heteroatoms. The zero-order valence-corrected chi connectivity index (χ0v) is 44.0. The molecule has 5 N–H and O–H groups in total. The summed E-state index contributed by atoms with van der Waals surface area (Å²) >= 11 is 0. The molecule has 0 saturated heterocycles. The Hall–Kier alpha value is -0.500. The molecule has 0 aromatic rings. The molecule has 0 aliphatic carbocycles. The van der Waals surface area contributed by atoms with Crippen molar-refractivity contribution in [1.29, 1.82) is 0 Å². The first-order chi connectivity index (χ1) is 31.4. The molecule has 64 heavy (non-hydrogen) atoms. The summed E-state index contributed by atoms with van der Waals surface area (Å²) < 4.78 is 22.3. The quantitative estimate of drug-likeness (QED) is 0.0353. The Kier molecular flexibility index (Phi) is 51.5. The zero-order chi connectivity index (χ0) is 46.7. The Balaban J connectivity index is 3.88. The number of hydrogen-bond acceptors (Lipinski definition) is 6. The van der Waals surface area contributed by atoms with E-state index >= 15 is 0 Å². The van der Waals surface area contributed by atoms with Crippen LogP contribution in [0.5, 0.6) is 0 Å². The predicted molar refractivity (Wildman–Crippen MR) is 277 cm³/mol. The van der Waals surface area contributed by atoms with E-state index in [4.69, 9.17) is 14.8 Å². The van der Waals surface area contributed by atoms with Gasteiger partial charge in [-0.3, -0.25) is 13.8 Å². The minimum atomic E-state index is -4.32. The van der Waals surface area contributed by atoms with Crippen LogP contribution >= 0.6 is 7.82 Å². The number of aliphatic hydroxyl groups excluding tert-OH is 1. The third-order valence-electron chi connectivity index (χ3n) is 13.5. The Labute approximate surface area is 399 Å². The Bertz CT molecular complexity index is 973. The standard InChI is InChI=1S/C55H113N2O6P/c1-3-5-7-9-11-13-15-17-19-21-22-23-24-25-26-27-28-29-30-31-33-35-37-39-41-43-45-47-49-55(59)57-53(52-63-64(60,61)62-51-50-56)54(58)48-46-44-42-40-38-36-34-32-20-18-16-14-12-10-8-6-4-2/h53-54,58H,3-52,56H2,1-2H3,(H,57,59)(H,60,61)/t53-,54+/m0/s1.